The fourth-order valence-corrected chi connectivity index (χ4v) is 2.34. The van der Waals surface area contributed by atoms with Gasteiger partial charge in [-0.05, 0) is 30.3 Å². The summed E-state index contributed by atoms with van der Waals surface area (Å²) in [6.07, 6.45) is 4.94. The Bertz CT molecular complexity index is 730. The average Bonchev–Trinajstić information content (AvgIpc) is 3.07. The fourth-order valence-electron chi connectivity index (χ4n) is 1.73. The third kappa shape index (κ3) is 3.70. The minimum absolute atomic E-state index is 0.155. The van der Waals surface area contributed by atoms with Crippen LogP contribution >= 0.6 is 11.8 Å². The van der Waals surface area contributed by atoms with Gasteiger partial charge in [0, 0.05) is 24.0 Å². The number of amides is 1. The van der Waals surface area contributed by atoms with Gasteiger partial charge in [-0.25, -0.2) is 0 Å². The first kappa shape index (κ1) is 14.3. The van der Waals surface area contributed by atoms with Crippen LogP contribution in [0.1, 0.15) is 0 Å². The number of hydrogen-bond acceptors (Lipinski definition) is 6. The molecular weight excluding hydrogens is 300 g/mol. The van der Waals surface area contributed by atoms with Crippen molar-refractivity contribution in [3.05, 3.63) is 55.1 Å². The molecule has 7 heteroatoms. The van der Waals surface area contributed by atoms with Crippen LogP contribution in [-0.2, 0) is 4.79 Å². The van der Waals surface area contributed by atoms with Crippen LogP contribution in [0.2, 0.25) is 0 Å². The Morgan fingerprint density at radius 2 is 2.14 bits per heavy atom. The largest absolute Gasteiger partial charge is 0.449 e. The number of carbonyl (C=O) groups excluding carboxylic acids is 1. The zero-order valence-electron chi connectivity index (χ0n) is 11.5. The first-order chi connectivity index (χ1) is 10.8. The Labute approximate surface area is 131 Å². The van der Waals surface area contributed by atoms with Gasteiger partial charge >= 0.3 is 0 Å². The quantitative estimate of drug-likeness (QED) is 0.730. The number of rotatable bonds is 5. The highest BCUT2D eigenvalue weighted by Crippen LogP contribution is 2.19. The predicted octanol–water partition coefficient (Wildman–Crippen LogP) is 2.86. The number of pyridine rings is 1. The molecular formula is C15H12N4O2S. The summed E-state index contributed by atoms with van der Waals surface area (Å²) in [6, 6.07) is 10.9. The first-order valence-corrected chi connectivity index (χ1v) is 7.50. The summed E-state index contributed by atoms with van der Waals surface area (Å²) in [5.41, 5.74) is 1.65. The molecule has 3 rings (SSSR count). The molecule has 3 aromatic rings. The number of anilines is 1. The average molecular weight is 312 g/mol. The third-order valence-electron chi connectivity index (χ3n) is 2.73. The summed E-state index contributed by atoms with van der Waals surface area (Å²) in [7, 11) is 0. The van der Waals surface area contributed by atoms with Gasteiger partial charge in [0.1, 0.15) is 5.03 Å². The van der Waals surface area contributed by atoms with Crippen molar-refractivity contribution in [3.63, 3.8) is 0 Å². The van der Waals surface area contributed by atoms with E-state index in [1.165, 1.54) is 18.0 Å². The predicted molar refractivity (Wildman–Crippen MR) is 83.3 cm³/mol. The van der Waals surface area contributed by atoms with E-state index in [0.717, 1.165) is 11.3 Å². The van der Waals surface area contributed by atoms with Gasteiger partial charge < -0.3 is 4.42 Å². The lowest BCUT2D eigenvalue weighted by Gasteiger charge is -2.02. The van der Waals surface area contributed by atoms with Crippen molar-refractivity contribution in [2.45, 2.75) is 5.03 Å². The van der Waals surface area contributed by atoms with Gasteiger partial charge in [-0.3, -0.25) is 15.1 Å². The van der Waals surface area contributed by atoms with Gasteiger partial charge in [0.25, 0.3) is 0 Å². The summed E-state index contributed by atoms with van der Waals surface area (Å²) in [5.74, 6) is 0.517. The number of nitrogens with zero attached hydrogens (tertiary/aromatic N) is 3. The summed E-state index contributed by atoms with van der Waals surface area (Å²) < 4.78 is 5.05. The molecule has 1 N–H and O–H groups in total. The Hall–Kier alpha value is -2.67. The summed E-state index contributed by atoms with van der Waals surface area (Å²) >= 11 is 1.31. The molecule has 0 unspecified atom stereocenters. The van der Waals surface area contributed by atoms with E-state index in [2.05, 4.69) is 20.5 Å². The zero-order valence-corrected chi connectivity index (χ0v) is 12.3. The highest BCUT2D eigenvalue weighted by molar-refractivity contribution is 7.99. The van der Waals surface area contributed by atoms with E-state index in [4.69, 9.17) is 4.42 Å². The molecule has 22 heavy (non-hydrogen) atoms. The minimum atomic E-state index is -0.155. The van der Waals surface area contributed by atoms with Crippen LogP contribution in [0.4, 0.5) is 5.88 Å². The van der Waals surface area contributed by atoms with E-state index in [0.29, 0.717) is 10.9 Å². The summed E-state index contributed by atoms with van der Waals surface area (Å²) in [4.78, 5) is 15.8. The van der Waals surface area contributed by atoms with Gasteiger partial charge in [0.05, 0.1) is 17.7 Å². The van der Waals surface area contributed by atoms with Crippen molar-refractivity contribution in [2.24, 2.45) is 0 Å². The second kappa shape index (κ2) is 6.86. The molecule has 0 bridgehead atoms. The molecule has 110 valence electrons. The molecule has 0 aliphatic carbocycles. The number of carbonyl (C=O) groups is 1. The van der Waals surface area contributed by atoms with E-state index < -0.39 is 0 Å². The van der Waals surface area contributed by atoms with E-state index in [1.54, 1.807) is 24.5 Å². The molecule has 0 saturated heterocycles. The lowest BCUT2D eigenvalue weighted by atomic mass is 10.2. The number of aromatic nitrogens is 3. The Morgan fingerprint density at radius 3 is 2.82 bits per heavy atom. The van der Waals surface area contributed by atoms with Crippen molar-refractivity contribution < 1.29 is 9.21 Å². The van der Waals surface area contributed by atoms with E-state index in [1.807, 2.05) is 24.3 Å². The number of thioether (sulfide) groups is 1. The lowest BCUT2D eigenvalue weighted by molar-refractivity contribution is -0.113. The van der Waals surface area contributed by atoms with Gasteiger partial charge in [-0.2, -0.15) is 0 Å². The highest BCUT2D eigenvalue weighted by atomic mass is 32.2. The fraction of sp³-hybridized carbons (Fsp3) is 0.0667. The van der Waals surface area contributed by atoms with Gasteiger partial charge in [0.15, 0.2) is 5.88 Å². The molecule has 0 fully saturated rings. The van der Waals surface area contributed by atoms with Crippen LogP contribution in [0.3, 0.4) is 0 Å². The van der Waals surface area contributed by atoms with E-state index in [-0.39, 0.29) is 11.7 Å². The summed E-state index contributed by atoms with van der Waals surface area (Å²) in [5, 5.41) is 11.6. The molecule has 0 spiro atoms. The molecule has 0 atom stereocenters. The molecule has 0 radical (unpaired) electrons. The highest BCUT2D eigenvalue weighted by Gasteiger charge is 2.07. The van der Waals surface area contributed by atoms with Crippen molar-refractivity contribution in [1.82, 2.24) is 15.2 Å². The van der Waals surface area contributed by atoms with E-state index in [9.17, 15) is 4.79 Å². The van der Waals surface area contributed by atoms with Crippen LogP contribution in [0.5, 0.6) is 0 Å². The minimum Gasteiger partial charge on any atom is -0.449 e. The van der Waals surface area contributed by atoms with Crippen molar-refractivity contribution in [1.29, 1.82) is 0 Å². The Balaban J connectivity index is 1.56. The van der Waals surface area contributed by atoms with Crippen LogP contribution in [0.15, 0.2) is 64.5 Å². The second-order valence-corrected chi connectivity index (χ2v) is 5.31. The molecule has 0 saturated carbocycles. The molecule has 0 aliphatic heterocycles. The number of hydrogen-bond donors (Lipinski definition) is 1. The summed E-state index contributed by atoms with van der Waals surface area (Å²) in [6.45, 7) is 0. The molecule has 3 heterocycles. The molecule has 0 aromatic carbocycles. The Morgan fingerprint density at radius 1 is 1.18 bits per heavy atom. The first-order valence-electron chi connectivity index (χ1n) is 6.51. The Kier molecular flexibility index (Phi) is 4.45. The molecule has 3 aromatic heterocycles. The third-order valence-corrected chi connectivity index (χ3v) is 3.65. The molecule has 1 amide bonds. The van der Waals surface area contributed by atoms with Crippen LogP contribution < -0.4 is 5.32 Å². The lowest BCUT2D eigenvalue weighted by Crippen LogP contribution is -2.13. The molecule has 0 aliphatic rings. The van der Waals surface area contributed by atoms with Gasteiger partial charge in [-0.15, -0.1) is 10.2 Å². The van der Waals surface area contributed by atoms with Crippen molar-refractivity contribution >= 4 is 23.6 Å². The maximum Gasteiger partial charge on any atom is 0.237 e. The maximum atomic E-state index is 11.7. The normalized spacial score (nSPS) is 10.4. The SMILES string of the molecule is O=C(CSc1ccc(-c2cccnc2)nn1)Nc1ccco1. The van der Waals surface area contributed by atoms with Crippen LogP contribution in [0, 0.1) is 0 Å². The second-order valence-electron chi connectivity index (χ2n) is 4.31. The maximum absolute atomic E-state index is 11.7. The van der Waals surface area contributed by atoms with Gasteiger partial charge in [-0.1, -0.05) is 11.8 Å². The standard InChI is InChI=1S/C15H12N4O2S/c20-13(17-14-4-2-8-21-14)10-22-15-6-5-12(18-19-15)11-3-1-7-16-9-11/h1-9H,10H2,(H,17,20). The smallest absolute Gasteiger partial charge is 0.237 e. The van der Waals surface area contributed by atoms with Crippen molar-refractivity contribution in [3.8, 4) is 11.3 Å². The zero-order chi connectivity index (χ0) is 15.2. The van der Waals surface area contributed by atoms with E-state index >= 15 is 0 Å². The van der Waals surface area contributed by atoms with Crippen LogP contribution in [0.25, 0.3) is 11.3 Å². The monoisotopic (exact) mass is 312 g/mol. The van der Waals surface area contributed by atoms with Gasteiger partial charge in [0.2, 0.25) is 5.91 Å². The number of furan rings is 1. The topological polar surface area (TPSA) is 80.9 Å². The molecule has 6 nitrogen and oxygen atoms in total. The van der Waals surface area contributed by atoms with Crippen LogP contribution in [-0.4, -0.2) is 26.8 Å². The number of nitrogens with one attached hydrogen (secondary N) is 1. The van der Waals surface area contributed by atoms with Crippen molar-refractivity contribution in [2.75, 3.05) is 11.1 Å².